The van der Waals surface area contributed by atoms with Crippen LogP contribution in [0.1, 0.15) is 95.5 Å². The Morgan fingerprint density at radius 3 is 1.74 bits per heavy atom. The fraction of sp³-hybridized carbons (Fsp3) is 0.321. The number of pyridine rings is 1. The number of carbonyl (C=O) groups is 2. The van der Waals surface area contributed by atoms with E-state index in [-0.39, 0.29) is 24.7 Å². The lowest BCUT2D eigenvalue weighted by Gasteiger charge is -2.36. The lowest BCUT2D eigenvalue weighted by molar-refractivity contribution is 0.0488. The number of rotatable bonds is 13. The molecular weight excluding hydrogens is 827 g/mol. The molecule has 0 spiro atoms. The molecule has 7 aromatic rings. The summed E-state index contributed by atoms with van der Waals surface area (Å²) in [4.78, 5) is 40.8. The summed E-state index contributed by atoms with van der Waals surface area (Å²) in [6.07, 6.45) is 4.16. The van der Waals surface area contributed by atoms with E-state index in [0.717, 1.165) is 47.9 Å². The third kappa shape index (κ3) is 10.6. The molecule has 13 heteroatoms. The maximum Gasteiger partial charge on any atom is 0.407 e. The highest BCUT2D eigenvalue weighted by molar-refractivity contribution is 5.91. The number of fused-ring (bicyclic) bond motifs is 1. The first-order valence-corrected chi connectivity index (χ1v) is 22.7. The van der Waals surface area contributed by atoms with E-state index in [0.29, 0.717) is 34.2 Å². The highest BCUT2D eigenvalue weighted by Gasteiger charge is 2.42. The monoisotopic (exact) mass is 885 g/mol. The summed E-state index contributed by atoms with van der Waals surface area (Å²) in [5.74, 6) is 1.07. The molecular formula is C53H59N9O4. The molecule has 1 aliphatic rings. The van der Waals surface area contributed by atoms with Gasteiger partial charge in [-0.05, 0) is 102 Å². The lowest BCUT2D eigenvalue weighted by Crippen LogP contribution is -2.42. The van der Waals surface area contributed by atoms with Crippen LogP contribution in [-0.4, -0.2) is 66.7 Å². The topological polar surface area (TPSA) is 157 Å². The second-order valence-electron chi connectivity index (χ2n) is 18.7. The molecule has 0 saturated heterocycles. The van der Waals surface area contributed by atoms with E-state index in [9.17, 15) is 9.59 Å². The van der Waals surface area contributed by atoms with Crippen molar-refractivity contribution in [2.75, 3.05) is 17.2 Å². The molecule has 1 atom stereocenters. The van der Waals surface area contributed by atoms with Gasteiger partial charge >= 0.3 is 12.2 Å². The standard InChI is InChI=1S/C53H59N9O4/c1-51(2,3)65-49(63)55-35-44(36-20-11-7-12-21-36)59-45-29-19-28-43(58-45)46-42-34-54-48(56-40-30-32-41(33-31-40)57-50(64)66-52(4,5)6)60-47(42)62(61-46)53(37-22-13-8-14-23-37,38-24-15-9-16-25-38)39-26-17-10-18-27-39/h7-29,34,40-41,44H,30-33,35H2,1-6H3,(H,55,63)(H,57,64)(H,58,59)(H,54,56,60)/t40-,41-,44?. The molecule has 8 rings (SSSR count). The Hall–Kier alpha value is -7.28. The molecule has 4 N–H and O–H groups in total. The van der Waals surface area contributed by atoms with Crippen molar-refractivity contribution in [2.45, 2.75) is 102 Å². The Labute approximate surface area is 386 Å². The average Bonchev–Trinajstić information content (AvgIpc) is 3.68. The van der Waals surface area contributed by atoms with E-state index in [1.54, 1.807) is 0 Å². The van der Waals surface area contributed by atoms with Crippen LogP contribution in [0.5, 0.6) is 0 Å². The van der Waals surface area contributed by atoms with E-state index in [2.05, 4.69) is 94.1 Å². The van der Waals surface area contributed by atoms with Crippen molar-refractivity contribution in [1.29, 1.82) is 0 Å². The second-order valence-corrected chi connectivity index (χ2v) is 18.7. The summed E-state index contributed by atoms with van der Waals surface area (Å²) in [5.41, 5.74) is 3.59. The number of hydrogen-bond donors (Lipinski definition) is 4. The molecule has 340 valence electrons. The van der Waals surface area contributed by atoms with Crippen LogP contribution in [0.25, 0.3) is 22.4 Å². The Bertz CT molecular complexity index is 2610. The number of alkyl carbamates (subject to hydrolysis) is 2. The van der Waals surface area contributed by atoms with Crippen LogP contribution in [0.3, 0.4) is 0 Å². The molecule has 0 radical (unpaired) electrons. The molecule has 4 aromatic carbocycles. The van der Waals surface area contributed by atoms with Gasteiger partial charge in [0.2, 0.25) is 5.95 Å². The van der Waals surface area contributed by atoms with Gasteiger partial charge < -0.3 is 30.7 Å². The third-order valence-corrected chi connectivity index (χ3v) is 11.5. The second kappa shape index (κ2) is 19.4. The van der Waals surface area contributed by atoms with Crippen molar-refractivity contribution in [1.82, 2.24) is 35.4 Å². The number of hydrogen-bond acceptors (Lipinski definition) is 10. The summed E-state index contributed by atoms with van der Waals surface area (Å²) in [5, 5.41) is 19.5. The molecule has 0 aliphatic heterocycles. The number of nitrogens with zero attached hydrogens (tertiary/aromatic N) is 5. The molecule has 3 heterocycles. The molecule has 0 bridgehead atoms. The zero-order chi connectivity index (χ0) is 46.3. The number of ether oxygens (including phenoxy) is 2. The first kappa shape index (κ1) is 45.3. The summed E-state index contributed by atoms with van der Waals surface area (Å²) in [7, 11) is 0. The van der Waals surface area contributed by atoms with Crippen molar-refractivity contribution in [3.8, 4) is 11.4 Å². The van der Waals surface area contributed by atoms with Gasteiger partial charge in [0, 0.05) is 24.8 Å². The normalized spacial score (nSPS) is 15.9. The van der Waals surface area contributed by atoms with Crippen molar-refractivity contribution in [3.63, 3.8) is 0 Å². The molecule has 1 fully saturated rings. The van der Waals surface area contributed by atoms with Gasteiger partial charge in [0.1, 0.15) is 28.3 Å². The lowest BCUT2D eigenvalue weighted by atomic mass is 9.77. The minimum Gasteiger partial charge on any atom is -0.444 e. The van der Waals surface area contributed by atoms with Crippen LogP contribution in [0.15, 0.2) is 146 Å². The van der Waals surface area contributed by atoms with E-state index >= 15 is 0 Å². The van der Waals surface area contributed by atoms with Crippen molar-refractivity contribution >= 4 is 35.0 Å². The Kier molecular flexibility index (Phi) is 13.3. The Morgan fingerprint density at radius 2 is 1.18 bits per heavy atom. The fourth-order valence-electron chi connectivity index (χ4n) is 8.60. The highest BCUT2D eigenvalue weighted by atomic mass is 16.6. The predicted molar refractivity (Wildman–Crippen MR) is 259 cm³/mol. The molecule has 13 nitrogen and oxygen atoms in total. The maximum absolute atomic E-state index is 12.8. The van der Waals surface area contributed by atoms with Crippen molar-refractivity contribution in [3.05, 3.63) is 168 Å². The van der Waals surface area contributed by atoms with Gasteiger partial charge in [0.15, 0.2) is 5.65 Å². The smallest absolute Gasteiger partial charge is 0.407 e. The van der Waals surface area contributed by atoms with E-state index in [1.807, 2.05) is 119 Å². The molecule has 2 amide bonds. The highest BCUT2D eigenvalue weighted by Crippen LogP contribution is 2.43. The van der Waals surface area contributed by atoms with E-state index in [4.69, 9.17) is 29.5 Å². The third-order valence-electron chi connectivity index (χ3n) is 11.5. The van der Waals surface area contributed by atoms with Gasteiger partial charge in [-0.3, -0.25) is 0 Å². The zero-order valence-electron chi connectivity index (χ0n) is 38.5. The van der Waals surface area contributed by atoms with Gasteiger partial charge in [-0.25, -0.2) is 24.2 Å². The van der Waals surface area contributed by atoms with Gasteiger partial charge in [-0.2, -0.15) is 10.1 Å². The maximum atomic E-state index is 12.8. The first-order chi connectivity index (χ1) is 31.7. The van der Waals surface area contributed by atoms with Crippen LogP contribution in [-0.2, 0) is 15.0 Å². The first-order valence-electron chi connectivity index (χ1n) is 22.7. The molecule has 66 heavy (non-hydrogen) atoms. The SMILES string of the molecule is CC(C)(C)OC(=O)NCC(Nc1cccc(-c2nn(C(c3ccccc3)(c3ccccc3)c3ccccc3)c3nc(N[C@H]4CC[C@H](NC(=O)OC(C)(C)C)CC4)ncc23)n1)c1ccccc1. The van der Waals surface area contributed by atoms with Crippen LogP contribution in [0, 0.1) is 0 Å². The van der Waals surface area contributed by atoms with Crippen molar-refractivity contribution < 1.29 is 19.1 Å². The van der Waals surface area contributed by atoms with Crippen LogP contribution >= 0.6 is 0 Å². The molecule has 3 aromatic heterocycles. The number of benzene rings is 4. The van der Waals surface area contributed by atoms with Gasteiger partial charge in [-0.1, -0.05) is 127 Å². The number of aromatic nitrogens is 5. The quantitative estimate of drug-likeness (QED) is 0.0822. The minimum absolute atomic E-state index is 0.0236. The van der Waals surface area contributed by atoms with Crippen LogP contribution < -0.4 is 21.3 Å². The Morgan fingerprint density at radius 1 is 0.652 bits per heavy atom. The summed E-state index contributed by atoms with van der Waals surface area (Å²) < 4.78 is 13.1. The van der Waals surface area contributed by atoms with E-state index in [1.165, 1.54) is 0 Å². The largest absolute Gasteiger partial charge is 0.444 e. The van der Waals surface area contributed by atoms with Gasteiger partial charge in [0.05, 0.1) is 17.1 Å². The van der Waals surface area contributed by atoms with Crippen LogP contribution in [0.4, 0.5) is 21.4 Å². The average molecular weight is 886 g/mol. The number of amides is 2. The fourth-order valence-corrected chi connectivity index (χ4v) is 8.60. The summed E-state index contributed by atoms with van der Waals surface area (Å²) in [6, 6.07) is 46.7. The predicted octanol–water partition coefficient (Wildman–Crippen LogP) is 10.7. The van der Waals surface area contributed by atoms with Crippen molar-refractivity contribution in [2.24, 2.45) is 0 Å². The number of anilines is 2. The summed E-state index contributed by atoms with van der Waals surface area (Å²) >= 11 is 0. The minimum atomic E-state index is -0.987. The molecule has 1 aliphatic carbocycles. The Balaban J connectivity index is 1.21. The number of nitrogens with one attached hydrogen (secondary N) is 4. The van der Waals surface area contributed by atoms with E-state index < -0.39 is 28.9 Å². The van der Waals surface area contributed by atoms with Gasteiger partial charge in [0.25, 0.3) is 0 Å². The van der Waals surface area contributed by atoms with Crippen LogP contribution in [0.2, 0.25) is 0 Å². The number of carbonyl (C=O) groups excluding carboxylic acids is 2. The molecule has 1 unspecified atom stereocenters. The molecule has 1 saturated carbocycles. The zero-order valence-corrected chi connectivity index (χ0v) is 38.5. The van der Waals surface area contributed by atoms with Gasteiger partial charge in [-0.15, -0.1) is 0 Å². The summed E-state index contributed by atoms with van der Waals surface area (Å²) in [6.45, 7) is 11.4.